The lowest BCUT2D eigenvalue weighted by Crippen LogP contribution is -2.37. The van der Waals surface area contributed by atoms with Gasteiger partial charge in [0, 0.05) is 11.2 Å². The Labute approximate surface area is 110 Å². The molecule has 0 atom stereocenters. The third-order valence-corrected chi connectivity index (χ3v) is 2.89. The number of nitrogens with one attached hydrogen (secondary N) is 2. The average molecular weight is 264 g/mol. The highest BCUT2D eigenvalue weighted by Crippen LogP contribution is 2.34. The van der Waals surface area contributed by atoms with Gasteiger partial charge in [-0.25, -0.2) is 9.59 Å². The molecule has 0 spiro atoms. The number of ether oxygens (including phenoxy) is 1. The number of urea groups is 1. The Morgan fingerprint density at radius 1 is 1.32 bits per heavy atom. The fourth-order valence-corrected chi connectivity index (χ4v) is 1.53. The number of carbonyl (C=O) groups is 2. The van der Waals surface area contributed by atoms with Gasteiger partial charge in [0.15, 0.2) is 6.61 Å². The van der Waals surface area contributed by atoms with Gasteiger partial charge in [0.05, 0.1) is 0 Å². The van der Waals surface area contributed by atoms with Crippen molar-refractivity contribution in [1.29, 1.82) is 0 Å². The van der Waals surface area contributed by atoms with Crippen LogP contribution in [-0.2, 0) is 4.79 Å². The first-order valence-electron chi connectivity index (χ1n) is 6.01. The van der Waals surface area contributed by atoms with Gasteiger partial charge in [0.25, 0.3) is 0 Å². The number of carbonyl (C=O) groups excluding carboxylic acids is 1. The summed E-state index contributed by atoms with van der Waals surface area (Å²) in [7, 11) is 0. The summed E-state index contributed by atoms with van der Waals surface area (Å²) in [5.41, 5.74) is 0.568. The molecule has 1 aromatic rings. The minimum Gasteiger partial charge on any atom is -0.482 e. The maximum atomic E-state index is 11.6. The first-order valence-corrected chi connectivity index (χ1v) is 6.01. The molecule has 0 aromatic heterocycles. The van der Waals surface area contributed by atoms with Gasteiger partial charge < -0.3 is 20.5 Å². The van der Waals surface area contributed by atoms with Crippen LogP contribution in [0.4, 0.5) is 10.5 Å². The summed E-state index contributed by atoms with van der Waals surface area (Å²) in [5.74, 6) is -0.582. The van der Waals surface area contributed by atoms with Crippen molar-refractivity contribution in [2.45, 2.75) is 25.3 Å². The second-order valence-electron chi connectivity index (χ2n) is 4.85. The van der Waals surface area contributed by atoms with Crippen molar-refractivity contribution >= 4 is 17.7 Å². The number of rotatable bonds is 5. The average Bonchev–Trinajstić information content (AvgIpc) is 3.05. The van der Waals surface area contributed by atoms with Crippen molar-refractivity contribution in [3.8, 4) is 5.75 Å². The molecule has 2 rings (SSSR count). The molecule has 1 fully saturated rings. The fraction of sp³-hybridized carbons (Fsp3) is 0.385. The Kier molecular flexibility index (Phi) is 3.59. The Bertz CT molecular complexity index is 480. The van der Waals surface area contributed by atoms with Gasteiger partial charge in [-0.2, -0.15) is 0 Å². The van der Waals surface area contributed by atoms with Crippen LogP contribution < -0.4 is 15.4 Å². The van der Waals surface area contributed by atoms with E-state index in [0.29, 0.717) is 11.4 Å². The van der Waals surface area contributed by atoms with E-state index >= 15 is 0 Å². The van der Waals surface area contributed by atoms with Gasteiger partial charge in [-0.1, -0.05) is 0 Å². The fourth-order valence-electron chi connectivity index (χ4n) is 1.53. The Balaban J connectivity index is 1.84. The van der Waals surface area contributed by atoms with Gasteiger partial charge in [-0.3, -0.25) is 0 Å². The van der Waals surface area contributed by atoms with Gasteiger partial charge >= 0.3 is 12.0 Å². The second kappa shape index (κ2) is 5.17. The lowest BCUT2D eigenvalue weighted by atomic mass is 10.3. The van der Waals surface area contributed by atoms with Crippen molar-refractivity contribution in [1.82, 2.24) is 5.32 Å². The van der Waals surface area contributed by atoms with Gasteiger partial charge in [0.2, 0.25) is 0 Å². The third kappa shape index (κ3) is 4.17. The second-order valence-corrected chi connectivity index (χ2v) is 4.85. The molecule has 0 aliphatic heterocycles. The van der Waals surface area contributed by atoms with Crippen LogP contribution >= 0.6 is 0 Å². The van der Waals surface area contributed by atoms with Gasteiger partial charge in [-0.15, -0.1) is 0 Å². The van der Waals surface area contributed by atoms with Crippen molar-refractivity contribution in [3.63, 3.8) is 0 Å². The molecule has 0 radical (unpaired) electrons. The lowest BCUT2D eigenvalue weighted by molar-refractivity contribution is -0.139. The summed E-state index contributed by atoms with van der Waals surface area (Å²) >= 11 is 0. The van der Waals surface area contributed by atoms with E-state index in [0.717, 1.165) is 12.8 Å². The summed E-state index contributed by atoms with van der Waals surface area (Å²) < 4.78 is 4.99. The largest absolute Gasteiger partial charge is 0.482 e. The van der Waals surface area contributed by atoms with Crippen LogP contribution in [0.3, 0.4) is 0 Å². The zero-order chi connectivity index (χ0) is 13.9. The Morgan fingerprint density at radius 2 is 1.95 bits per heavy atom. The standard InChI is InChI=1S/C13H16N2O4/c1-13(6-7-13)15-12(18)14-9-2-4-10(5-3-9)19-8-11(16)17/h2-5H,6-8H2,1H3,(H,16,17)(H2,14,15,18). The maximum Gasteiger partial charge on any atom is 0.341 e. The number of anilines is 1. The Morgan fingerprint density at radius 3 is 2.47 bits per heavy atom. The highest BCUT2D eigenvalue weighted by atomic mass is 16.5. The zero-order valence-electron chi connectivity index (χ0n) is 10.6. The predicted octanol–water partition coefficient (Wildman–Crippen LogP) is 1.82. The molecule has 6 nitrogen and oxygen atoms in total. The summed E-state index contributed by atoms with van der Waals surface area (Å²) in [5, 5.41) is 14.1. The molecular weight excluding hydrogens is 248 g/mol. The molecule has 3 N–H and O–H groups in total. The number of carboxylic acids is 1. The molecular formula is C13H16N2O4. The molecule has 0 unspecified atom stereocenters. The first-order chi connectivity index (χ1) is 8.97. The van der Waals surface area contributed by atoms with Crippen LogP contribution in [0, 0.1) is 0 Å². The summed E-state index contributed by atoms with van der Waals surface area (Å²) in [6.07, 6.45) is 2.00. The summed E-state index contributed by atoms with van der Waals surface area (Å²) in [6.45, 7) is 1.61. The van der Waals surface area contributed by atoms with Crippen molar-refractivity contribution in [2.75, 3.05) is 11.9 Å². The molecule has 6 heteroatoms. The quantitative estimate of drug-likeness (QED) is 0.757. The summed E-state index contributed by atoms with van der Waals surface area (Å²) in [4.78, 5) is 22.0. The maximum absolute atomic E-state index is 11.6. The highest BCUT2D eigenvalue weighted by Gasteiger charge is 2.38. The zero-order valence-corrected chi connectivity index (χ0v) is 10.6. The predicted molar refractivity (Wildman–Crippen MR) is 69.4 cm³/mol. The van der Waals surface area contributed by atoms with Crippen LogP contribution in [0.2, 0.25) is 0 Å². The van der Waals surface area contributed by atoms with Crippen LogP contribution in [0.5, 0.6) is 5.75 Å². The molecule has 1 aliphatic rings. The first kappa shape index (κ1) is 13.2. The number of amides is 2. The molecule has 0 saturated heterocycles. The van der Waals surface area contributed by atoms with Crippen LogP contribution in [0.15, 0.2) is 24.3 Å². The molecule has 0 bridgehead atoms. The Hall–Kier alpha value is -2.24. The van der Waals surface area contributed by atoms with Crippen molar-refractivity contribution in [2.24, 2.45) is 0 Å². The van der Waals surface area contributed by atoms with E-state index in [1.165, 1.54) is 0 Å². The molecule has 1 aliphatic carbocycles. The monoisotopic (exact) mass is 264 g/mol. The SMILES string of the molecule is CC1(NC(=O)Nc2ccc(OCC(=O)O)cc2)CC1. The van der Waals surface area contributed by atoms with E-state index in [-0.39, 0.29) is 18.2 Å². The van der Waals surface area contributed by atoms with Gasteiger partial charge in [0.1, 0.15) is 5.75 Å². The van der Waals surface area contributed by atoms with E-state index in [4.69, 9.17) is 9.84 Å². The smallest absolute Gasteiger partial charge is 0.341 e. The van der Waals surface area contributed by atoms with E-state index in [1.807, 2.05) is 6.92 Å². The molecule has 1 aromatic carbocycles. The molecule has 1 saturated carbocycles. The van der Waals surface area contributed by atoms with Gasteiger partial charge in [-0.05, 0) is 44.0 Å². The number of hydrogen-bond donors (Lipinski definition) is 3. The summed E-state index contributed by atoms with van der Waals surface area (Å²) in [6, 6.07) is 6.30. The van der Waals surface area contributed by atoms with Crippen LogP contribution in [0.25, 0.3) is 0 Å². The number of carboxylic acid groups (broad SMARTS) is 1. The van der Waals surface area contributed by atoms with E-state index in [1.54, 1.807) is 24.3 Å². The number of aliphatic carboxylic acids is 1. The highest BCUT2D eigenvalue weighted by molar-refractivity contribution is 5.90. The number of hydrogen-bond acceptors (Lipinski definition) is 3. The van der Waals surface area contributed by atoms with E-state index in [2.05, 4.69) is 10.6 Å². The third-order valence-electron chi connectivity index (χ3n) is 2.89. The van der Waals surface area contributed by atoms with E-state index in [9.17, 15) is 9.59 Å². The molecule has 0 heterocycles. The van der Waals surface area contributed by atoms with E-state index < -0.39 is 5.97 Å². The molecule has 19 heavy (non-hydrogen) atoms. The lowest BCUT2D eigenvalue weighted by Gasteiger charge is -2.12. The molecule has 102 valence electrons. The minimum absolute atomic E-state index is 0.0609. The normalized spacial score (nSPS) is 15.4. The van der Waals surface area contributed by atoms with Crippen molar-refractivity contribution < 1.29 is 19.4 Å². The number of benzene rings is 1. The van der Waals surface area contributed by atoms with Crippen LogP contribution in [-0.4, -0.2) is 29.3 Å². The molecule has 2 amide bonds. The topological polar surface area (TPSA) is 87.7 Å². The van der Waals surface area contributed by atoms with Crippen molar-refractivity contribution in [3.05, 3.63) is 24.3 Å². The van der Waals surface area contributed by atoms with Crippen LogP contribution in [0.1, 0.15) is 19.8 Å². The minimum atomic E-state index is -1.03.